The molecular weight excluding hydrogens is 241 g/mol. The Morgan fingerprint density at radius 2 is 1.82 bits per heavy atom. The SMILES string of the molecule is O=C(O)c1noc(-c2c(F)cc(F)cc2F)n1. The first kappa shape index (κ1) is 11.1. The van der Waals surface area contributed by atoms with Crippen LogP contribution < -0.4 is 0 Å². The topological polar surface area (TPSA) is 76.2 Å². The quantitative estimate of drug-likeness (QED) is 0.872. The number of nitrogens with zero attached hydrogens (tertiary/aromatic N) is 2. The van der Waals surface area contributed by atoms with Gasteiger partial charge in [0.05, 0.1) is 0 Å². The van der Waals surface area contributed by atoms with Crippen molar-refractivity contribution in [1.82, 2.24) is 10.1 Å². The Morgan fingerprint density at radius 3 is 2.29 bits per heavy atom. The molecule has 0 fully saturated rings. The molecule has 0 radical (unpaired) electrons. The fraction of sp³-hybridized carbons (Fsp3) is 0. The first-order valence-corrected chi connectivity index (χ1v) is 4.21. The Morgan fingerprint density at radius 1 is 1.24 bits per heavy atom. The molecule has 0 unspecified atom stereocenters. The second-order valence-electron chi connectivity index (χ2n) is 2.97. The Balaban J connectivity index is 2.56. The molecule has 0 saturated heterocycles. The highest BCUT2D eigenvalue weighted by molar-refractivity contribution is 5.83. The van der Waals surface area contributed by atoms with Gasteiger partial charge in [0, 0.05) is 12.1 Å². The molecule has 0 saturated carbocycles. The van der Waals surface area contributed by atoms with Crippen LogP contribution in [-0.4, -0.2) is 21.2 Å². The highest BCUT2D eigenvalue weighted by Gasteiger charge is 2.21. The number of aromatic carboxylic acids is 1. The molecule has 8 heteroatoms. The predicted molar refractivity (Wildman–Crippen MR) is 46.6 cm³/mol. The average Bonchev–Trinajstić information content (AvgIpc) is 2.65. The van der Waals surface area contributed by atoms with Crippen LogP contribution in [0.5, 0.6) is 0 Å². The van der Waals surface area contributed by atoms with Crippen LogP contribution >= 0.6 is 0 Å². The van der Waals surface area contributed by atoms with Crippen molar-refractivity contribution in [2.75, 3.05) is 0 Å². The standard InChI is InChI=1S/C9H3F3N2O3/c10-3-1-4(11)6(5(12)2-3)8-13-7(9(15)16)14-17-8/h1-2H,(H,15,16). The lowest BCUT2D eigenvalue weighted by molar-refractivity contribution is 0.0680. The van der Waals surface area contributed by atoms with E-state index in [1.807, 2.05) is 0 Å². The number of hydrogen-bond acceptors (Lipinski definition) is 4. The molecule has 0 amide bonds. The number of hydrogen-bond donors (Lipinski definition) is 1. The summed E-state index contributed by atoms with van der Waals surface area (Å²) in [6.45, 7) is 0. The van der Waals surface area contributed by atoms with E-state index < -0.39 is 40.7 Å². The minimum Gasteiger partial charge on any atom is -0.475 e. The van der Waals surface area contributed by atoms with Gasteiger partial charge in [-0.05, 0) is 5.16 Å². The molecule has 1 aromatic carbocycles. The van der Waals surface area contributed by atoms with Crippen molar-refractivity contribution < 1.29 is 27.6 Å². The van der Waals surface area contributed by atoms with Gasteiger partial charge in [0.1, 0.15) is 23.0 Å². The molecular formula is C9H3F3N2O3. The van der Waals surface area contributed by atoms with Crippen molar-refractivity contribution in [3.05, 3.63) is 35.4 Å². The van der Waals surface area contributed by atoms with E-state index in [-0.39, 0.29) is 0 Å². The summed E-state index contributed by atoms with van der Waals surface area (Å²) in [6, 6.07) is 0.839. The molecule has 1 N–H and O–H groups in total. The van der Waals surface area contributed by atoms with E-state index in [0.29, 0.717) is 12.1 Å². The zero-order chi connectivity index (χ0) is 12.6. The lowest BCUT2D eigenvalue weighted by Crippen LogP contribution is -1.99. The number of benzene rings is 1. The Kier molecular flexibility index (Phi) is 2.54. The second-order valence-corrected chi connectivity index (χ2v) is 2.97. The molecule has 0 aliphatic carbocycles. The first-order chi connectivity index (χ1) is 7.99. The van der Waals surface area contributed by atoms with Crippen LogP contribution in [-0.2, 0) is 0 Å². The molecule has 0 aliphatic heterocycles. The van der Waals surface area contributed by atoms with E-state index >= 15 is 0 Å². The van der Waals surface area contributed by atoms with Crippen molar-refractivity contribution in [1.29, 1.82) is 0 Å². The summed E-state index contributed by atoms with van der Waals surface area (Å²) >= 11 is 0. The van der Waals surface area contributed by atoms with Crippen LogP contribution in [0.4, 0.5) is 13.2 Å². The molecule has 2 aromatic rings. The van der Waals surface area contributed by atoms with Gasteiger partial charge in [-0.1, -0.05) is 0 Å². The van der Waals surface area contributed by atoms with E-state index in [4.69, 9.17) is 5.11 Å². The van der Waals surface area contributed by atoms with Gasteiger partial charge >= 0.3 is 5.97 Å². The highest BCUT2D eigenvalue weighted by atomic mass is 19.1. The van der Waals surface area contributed by atoms with E-state index in [0.717, 1.165) is 0 Å². The number of rotatable bonds is 2. The summed E-state index contributed by atoms with van der Waals surface area (Å²) in [5.74, 6) is -6.56. The van der Waals surface area contributed by atoms with Crippen LogP contribution in [0.2, 0.25) is 0 Å². The fourth-order valence-corrected chi connectivity index (χ4v) is 1.16. The largest absolute Gasteiger partial charge is 0.475 e. The summed E-state index contributed by atoms with van der Waals surface area (Å²) in [7, 11) is 0. The van der Waals surface area contributed by atoms with Gasteiger partial charge in [0.15, 0.2) is 0 Å². The monoisotopic (exact) mass is 244 g/mol. The lowest BCUT2D eigenvalue weighted by atomic mass is 10.2. The number of halogens is 3. The highest BCUT2D eigenvalue weighted by Crippen LogP contribution is 2.25. The minimum absolute atomic E-state index is 0.420. The van der Waals surface area contributed by atoms with Crippen molar-refractivity contribution in [3.63, 3.8) is 0 Å². The summed E-state index contributed by atoms with van der Waals surface area (Å²) in [5, 5.41) is 11.5. The maximum atomic E-state index is 13.3. The molecule has 2 rings (SSSR count). The lowest BCUT2D eigenvalue weighted by Gasteiger charge is -1.99. The summed E-state index contributed by atoms with van der Waals surface area (Å²) < 4.78 is 43.5. The minimum atomic E-state index is -1.51. The molecule has 5 nitrogen and oxygen atoms in total. The molecule has 0 atom stereocenters. The zero-order valence-electron chi connectivity index (χ0n) is 7.95. The molecule has 0 bridgehead atoms. The predicted octanol–water partition coefficient (Wildman–Crippen LogP) is 1.85. The smallest absolute Gasteiger partial charge is 0.377 e. The fourth-order valence-electron chi connectivity index (χ4n) is 1.16. The second kappa shape index (κ2) is 3.89. The summed E-state index contributed by atoms with van der Waals surface area (Å²) in [6.07, 6.45) is 0. The number of carbonyl (C=O) groups is 1. The van der Waals surface area contributed by atoms with E-state index in [1.165, 1.54) is 0 Å². The van der Waals surface area contributed by atoms with Gasteiger partial charge in [0.2, 0.25) is 0 Å². The first-order valence-electron chi connectivity index (χ1n) is 4.21. The Labute approximate surface area is 91.5 Å². The molecule has 1 aromatic heterocycles. The third kappa shape index (κ3) is 1.96. The van der Waals surface area contributed by atoms with Crippen LogP contribution in [0, 0.1) is 17.5 Å². The van der Waals surface area contributed by atoms with Gasteiger partial charge in [-0.25, -0.2) is 18.0 Å². The van der Waals surface area contributed by atoms with Crippen LogP contribution in [0.15, 0.2) is 16.7 Å². The summed E-state index contributed by atoms with van der Waals surface area (Å²) in [5.41, 5.74) is -0.772. The molecule has 1 heterocycles. The van der Waals surface area contributed by atoms with E-state index in [1.54, 1.807) is 0 Å². The van der Waals surface area contributed by atoms with Crippen molar-refractivity contribution >= 4 is 5.97 Å². The van der Waals surface area contributed by atoms with E-state index in [9.17, 15) is 18.0 Å². The van der Waals surface area contributed by atoms with Crippen LogP contribution in [0.3, 0.4) is 0 Å². The molecule has 0 spiro atoms. The molecule has 0 aliphatic rings. The molecule has 88 valence electrons. The zero-order valence-corrected chi connectivity index (χ0v) is 7.95. The van der Waals surface area contributed by atoms with Crippen molar-refractivity contribution in [2.24, 2.45) is 0 Å². The van der Waals surface area contributed by atoms with Gasteiger partial charge in [-0.15, -0.1) is 0 Å². The van der Waals surface area contributed by atoms with Crippen LogP contribution in [0.1, 0.15) is 10.6 Å². The Hall–Kier alpha value is -2.38. The third-order valence-corrected chi connectivity index (χ3v) is 1.84. The molecule has 17 heavy (non-hydrogen) atoms. The third-order valence-electron chi connectivity index (χ3n) is 1.84. The van der Waals surface area contributed by atoms with E-state index in [2.05, 4.69) is 14.7 Å². The number of carboxylic acid groups (broad SMARTS) is 1. The van der Waals surface area contributed by atoms with Gasteiger partial charge in [0.25, 0.3) is 11.7 Å². The van der Waals surface area contributed by atoms with Crippen molar-refractivity contribution in [2.45, 2.75) is 0 Å². The summed E-state index contributed by atoms with van der Waals surface area (Å²) in [4.78, 5) is 13.7. The van der Waals surface area contributed by atoms with Crippen molar-refractivity contribution in [3.8, 4) is 11.5 Å². The maximum Gasteiger partial charge on any atom is 0.377 e. The Bertz CT molecular complexity index is 574. The number of aromatic nitrogens is 2. The average molecular weight is 244 g/mol. The number of carboxylic acids is 1. The van der Waals surface area contributed by atoms with Gasteiger partial charge in [-0.2, -0.15) is 4.98 Å². The normalized spacial score (nSPS) is 10.5. The van der Waals surface area contributed by atoms with Gasteiger partial charge < -0.3 is 9.63 Å². The maximum absolute atomic E-state index is 13.3. The van der Waals surface area contributed by atoms with Crippen LogP contribution in [0.25, 0.3) is 11.5 Å². The van der Waals surface area contributed by atoms with Gasteiger partial charge in [-0.3, -0.25) is 0 Å².